The van der Waals surface area contributed by atoms with Crippen molar-refractivity contribution in [1.29, 1.82) is 0 Å². The molecular formula is C15H20. The van der Waals surface area contributed by atoms with Crippen molar-refractivity contribution in [2.45, 2.75) is 34.6 Å². The minimum absolute atomic E-state index is 1.39. The van der Waals surface area contributed by atoms with Crippen molar-refractivity contribution < 1.29 is 0 Å². The Balaban J connectivity index is 0.000000531. The lowest BCUT2D eigenvalue weighted by Crippen LogP contribution is -1.80. The quantitative estimate of drug-likeness (QED) is 0.557. The van der Waals surface area contributed by atoms with Crippen molar-refractivity contribution in [3.63, 3.8) is 0 Å². The number of fused-ring (bicyclic) bond motifs is 1. The highest BCUT2D eigenvalue weighted by Crippen LogP contribution is 2.40. The summed E-state index contributed by atoms with van der Waals surface area (Å²) in [7, 11) is 0. The Morgan fingerprint density at radius 3 is 1.93 bits per heavy atom. The third-order valence-electron chi connectivity index (χ3n) is 2.88. The molecule has 80 valence electrons. The van der Waals surface area contributed by atoms with E-state index in [1.807, 2.05) is 13.8 Å². The van der Waals surface area contributed by atoms with Crippen molar-refractivity contribution in [2.24, 2.45) is 0 Å². The smallest absolute Gasteiger partial charge is 0.0109 e. The molecule has 1 aromatic rings. The van der Waals surface area contributed by atoms with Gasteiger partial charge in [-0.25, -0.2) is 0 Å². The van der Waals surface area contributed by atoms with E-state index < -0.39 is 0 Å². The molecule has 0 bridgehead atoms. The molecule has 1 aromatic carbocycles. The van der Waals surface area contributed by atoms with Crippen LogP contribution in [0, 0.1) is 0 Å². The Morgan fingerprint density at radius 2 is 1.40 bits per heavy atom. The summed E-state index contributed by atoms with van der Waals surface area (Å²) in [5.74, 6) is 0. The van der Waals surface area contributed by atoms with Crippen LogP contribution in [-0.2, 0) is 0 Å². The molecule has 0 N–H and O–H groups in total. The maximum absolute atomic E-state index is 2.20. The highest BCUT2D eigenvalue weighted by atomic mass is 14.2. The Kier molecular flexibility index (Phi) is 3.90. The lowest BCUT2D eigenvalue weighted by Gasteiger charge is -2.00. The van der Waals surface area contributed by atoms with Gasteiger partial charge in [0.25, 0.3) is 0 Å². The van der Waals surface area contributed by atoms with Gasteiger partial charge in [-0.1, -0.05) is 44.2 Å². The third kappa shape index (κ3) is 1.90. The fourth-order valence-electron chi connectivity index (χ4n) is 2.02. The van der Waals surface area contributed by atoms with E-state index >= 15 is 0 Å². The molecule has 0 unspecified atom stereocenters. The molecule has 2 rings (SSSR count). The Bertz CT molecular complexity index is 406. The van der Waals surface area contributed by atoms with Crippen LogP contribution in [0.5, 0.6) is 0 Å². The number of rotatable bonds is 0. The molecule has 0 amide bonds. The second kappa shape index (κ2) is 4.97. The Hall–Kier alpha value is -1.30. The molecule has 0 aromatic heterocycles. The van der Waals surface area contributed by atoms with E-state index in [2.05, 4.69) is 51.1 Å². The molecule has 0 aliphatic heterocycles. The van der Waals surface area contributed by atoms with Crippen LogP contribution in [0.4, 0.5) is 0 Å². The Labute approximate surface area is 93.3 Å². The molecule has 1 aliphatic carbocycles. The molecule has 0 nitrogen and oxygen atoms in total. The standard InChI is InChI=1S/C13H14.C2H6/c1-4-11-9(2)10(3)12-7-5-6-8-13(11)12;1-2/h4-8H,1-3H3;1-2H3/b11-4+;. The largest absolute Gasteiger partial charge is 0.0795 e. The molecule has 0 saturated carbocycles. The Morgan fingerprint density at radius 1 is 0.867 bits per heavy atom. The normalized spacial score (nSPS) is 16.2. The van der Waals surface area contributed by atoms with Crippen LogP contribution in [0.15, 0.2) is 35.9 Å². The first-order valence-corrected chi connectivity index (χ1v) is 5.69. The molecule has 0 atom stereocenters. The second-order valence-electron chi connectivity index (χ2n) is 3.50. The van der Waals surface area contributed by atoms with Crippen LogP contribution in [-0.4, -0.2) is 0 Å². The van der Waals surface area contributed by atoms with Crippen LogP contribution in [0.2, 0.25) is 0 Å². The van der Waals surface area contributed by atoms with Gasteiger partial charge in [0.2, 0.25) is 0 Å². The number of benzene rings is 1. The molecule has 15 heavy (non-hydrogen) atoms. The summed E-state index contributed by atoms with van der Waals surface area (Å²) in [4.78, 5) is 0. The first-order valence-electron chi connectivity index (χ1n) is 5.69. The highest BCUT2D eigenvalue weighted by molar-refractivity contribution is 5.98. The van der Waals surface area contributed by atoms with E-state index in [4.69, 9.17) is 0 Å². The topological polar surface area (TPSA) is 0 Å². The van der Waals surface area contributed by atoms with E-state index in [0.717, 1.165) is 0 Å². The van der Waals surface area contributed by atoms with Crippen LogP contribution in [0.25, 0.3) is 11.1 Å². The fourth-order valence-corrected chi connectivity index (χ4v) is 2.02. The van der Waals surface area contributed by atoms with Crippen molar-refractivity contribution in [2.75, 3.05) is 0 Å². The molecular weight excluding hydrogens is 180 g/mol. The first-order chi connectivity index (χ1) is 7.25. The highest BCUT2D eigenvalue weighted by Gasteiger charge is 2.18. The molecule has 0 heterocycles. The summed E-state index contributed by atoms with van der Waals surface area (Å²) in [6, 6.07) is 8.61. The van der Waals surface area contributed by atoms with Gasteiger partial charge in [0, 0.05) is 0 Å². The lowest BCUT2D eigenvalue weighted by atomic mass is 10.0. The van der Waals surface area contributed by atoms with Crippen molar-refractivity contribution in [3.05, 3.63) is 47.0 Å². The maximum atomic E-state index is 2.20. The zero-order valence-corrected chi connectivity index (χ0v) is 10.4. The maximum Gasteiger partial charge on any atom is -0.0109 e. The van der Waals surface area contributed by atoms with E-state index in [0.29, 0.717) is 0 Å². The molecule has 0 radical (unpaired) electrons. The first kappa shape index (κ1) is 11.8. The van der Waals surface area contributed by atoms with Gasteiger partial charge < -0.3 is 0 Å². The van der Waals surface area contributed by atoms with Crippen molar-refractivity contribution in [3.8, 4) is 0 Å². The van der Waals surface area contributed by atoms with Gasteiger partial charge in [-0.3, -0.25) is 0 Å². The van der Waals surface area contributed by atoms with Gasteiger partial charge in [0.1, 0.15) is 0 Å². The number of hydrogen-bond donors (Lipinski definition) is 0. The summed E-state index contributed by atoms with van der Waals surface area (Å²) in [6.45, 7) is 10.5. The van der Waals surface area contributed by atoms with E-state index in [1.165, 1.54) is 27.8 Å². The van der Waals surface area contributed by atoms with Gasteiger partial charge in [-0.05, 0) is 48.6 Å². The molecule has 0 saturated heterocycles. The van der Waals surface area contributed by atoms with Gasteiger partial charge in [0.15, 0.2) is 0 Å². The van der Waals surface area contributed by atoms with E-state index in [9.17, 15) is 0 Å². The average molecular weight is 200 g/mol. The van der Waals surface area contributed by atoms with Crippen LogP contribution in [0.1, 0.15) is 45.7 Å². The average Bonchev–Trinajstić information content (AvgIpc) is 2.55. The van der Waals surface area contributed by atoms with Gasteiger partial charge >= 0.3 is 0 Å². The van der Waals surface area contributed by atoms with Gasteiger partial charge in [-0.2, -0.15) is 0 Å². The number of hydrogen-bond acceptors (Lipinski definition) is 0. The predicted octanol–water partition coefficient (Wildman–Crippen LogP) is 4.92. The van der Waals surface area contributed by atoms with Crippen molar-refractivity contribution >= 4 is 11.1 Å². The fraction of sp³-hybridized carbons (Fsp3) is 0.333. The molecule has 1 aliphatic rings. The van der Waals surface area contributed by atoms with E-state index in [-0.39, 0.29) is 0 Å². The zero-order valence-electron chi connectivity index (χ0n) is 10.4. The minimum Gasteiger partial charge on any atom is -0.0795 e. The summed E-state index contributed by atoms with van der Waals surface area (Å²) in [5.41, 5.74) is 7.02. The van der Waals surface area contributed by atoms with E-state index in [1.54, 1.807) is 0 Å². The second-order valence-corrected chi connectivity index (χ2v) is 3.50. The monoisotopic (exact) mass is 200 g/mol. The summed E-state index contributed by atoms with van der Waals surface area (Å²) in [5, 5.41) is 0. The molecule has 0 spiro atoms. The summed E-state index contributed by atoms with van der Waals surface area (Å²) >= 11 is 0. The van der Waals surface area contributed by atoms with Crippen LogP contribution >= 0.6 is 0 Å². The predicted molar refractivity (Wildman–Crippen MR) is 69.7 cm³/mol. The van der Waals surface area contributed by atoms with Crippen LogP contribution < -0.4 is 0 Å². The molecule has 0 fully saturated rings. The number of allylic oxidation sites excluding steroid dienone is 4. The lowest BCUT2D eigenvalue weighted by molar-refractivity contribution is 1.50. The molecule has 0 heteroatoms. The van der Waals surface area contributed by atoms with Crippen LogP contribution in [0.3, 0.4) is 0 Å². The SMILES string of the molecule is C/C=C1\C(C)=C(C)c2ccccc21.CC. The van der Waals surface area contributed by atoms with Gasteiger partial charge in [-0.15, -0.1) is 0 Å². The minimum atomic E-state index is 1.39. The zero-order chi connectivity index (χ0) is 11.4. The summed E-state index contributed by atoms with van der Waals surface area (Å²) < 4.78 is 0. The van der Waals surface area contributed by atoms with Gasteiger partial charge in [0.05, 0.1) is 0 Å². The third-order valence-corrected chi connectivity index (χ3v) is 2.88. The van der Waals surface area contributed by atoms with Crippen molar-refractivity contribution in [1.82, 2.24) is 0 Å². The summed E-state index contributed by atoms with van der Waals surface area (Å²) in [6.07, 6.45) is 2.20.